The van der Waals surface area contributed by atoms with Crippen LogP contribution in [0.2, 0.25) is 0 Å². The lowest BCUT2D eigenvalue weighted by Gasteiger charge is -2.14. The summed E-state index contributed by atoms with van der Waals surface area (Å²) in [6.07, 6.45) is 6.38. The molecule has 128 valence electrons. The van der Waals surface area contributed by atoms with Crippen molar-refractivity contribution < 1.29 is 9.53 Å². The van der Waals surface area contributed by atoms with Crippen LogP contribution in [-0.4, -0.2) is 57.1 Å². The Labute approximate surface area is 141 Å². The third-order valence-corrected chi connectivity index (χ3v) is 5.20. The molecule has 2 aromatic heterocycles. The van der Waals surface area contributed by atoms with Crippen molar-refractivity contribution in [2.24, 2.45) is 7.05 Å². The van der Waals surface area contributed by atoms with Gasteiger partial charge in [-0.25, -0.2) is 0 Å². The minimum atomic E-state index is -0.0461. The highest BCUT2D eigenvalue weighted by Crippen LogP contribution is 2.30. The summed E-state index contributed by atoms with van der Waals surface area (Å²) in [4.78, 5) is 18.1. The van der Waals surface area contributed by atoms with Gasteiger partial charge in [0.05, 0.1) is 17.7 Å². The molecule has 1 aliphatic heterocycles. The Morgan fingerprint density at radius 3 is 2.88 bits per heavy atom. The quantitative estimate of drug-likeness (QED) is 0.920. The fraction of sp³-hybridized carbons (Fsp3) is 0.588. The number of hydrogen-bond acceptors (Lipinski definition) is 4. The van der Waals surface area contributed by atoms with Crippen molar-refractivity contribution >= 4 is 5.91 Å². The van der Waals surface area contributed by atoms with Crippen molar-refractivity contribution in [3.8, 4) is 0 Å². The highest BCUT2D eigenvalue weighted by molar-refractivity contribution is 5.93. The number of carbonyl (C=O) groups excluding carboxylic acids is 1. The van der Waals surface area contributed by atoms with Crippen LogP contribution in [0.5, 0.6) is 0 Å². The first kappa shape index (κ1) is 15.4. The predicted octanol–water partition coefficient (Wildman–Crippen LogP) is 1.28. The van der Waals surface area contributed by atoms with E-state index in [4.69, 9.17) is 4.74 Å². The third-order valence-electron chi connectivity index (χ3n) is 5.20. The van der Waals surface area contributed by atoms with Crippen molar-refractivity contribution in [3.63, 3.8) is 0 Å². The molecule has 1 saturated heterocycles. The van der Waals surface area contributed by atoms with E-state index in [-0.39, 0.29) is 17.9 Å². The monoisotopic (exact) mass is 329 g/mol. The molecule has 2 atom stereocenters. The number of aromatic nitrogens is 4. The molecule has 0 spiro atoms. The molecule has 1 fully saturated rings. The molecular weight excluding hydrogens is 306 g/mol. The summed E-state index contributed by atoms with van der Waals surface area (Å²) in [5.74, 6) is 0.120. The molecule has 0 saturated carbocycles. The molecule has 0 bridgehead atoms. The van der Waals surface area contributed by atoms with Crippen LogP contribution in [0, 0.1) is 0 Å². The summed E-state index contributed by atoms with van der Waals surface area (Å²) in [6.45, 7) is 1.19. The van der Waals surface area contributed by atoms with Crippen molar-refractivity contribution in [1.82, 2.24) is 24.9 Å². The van der Waals surface area contributed by atoms with E-state index in [0.717, 1.165) is 18.5 Å². The van der Waals surface area contributed by atoms with E-state index in [9.17, 15) is 4.79 Å². The van der Waals surface area contributed by atoms with E-state index in [1.54, 1.807) is 11.8 Å². The number of nitrogens with one attached hydrogen (secondary N) is 1. The smallest absolute Gasteiger partial charge is 0.270 e. The molecular formula is C17H23N5O2. The molecule has 1 amide bonds. The highest BCUT2D eigenvalue weighted by Gasteiger charge is 2.38. The van der Waals surface area contributed by atoms with Gasteiger partial charge in [-0.15, -0.1) is 5.10 Å². The minimum Gasteiger partial charge on any atom is -0.379 e. The lowest BCUT2D eigenvalue weighted by Crippen LogP contribution is -2.30. The van der Waals surface area contributed by atoms with Gasteiger partial charge in [0.15, 0.2) is 0 Å². The first-order valence-electron chi connectivity index (χ1n) is 8.54. The summed E-state index contributed by atoms with van der Waals surface area (Å²) in [6, 6.07) is 2.04. The van der Waals surface area contributed by atoms with Gasteiger partial charge in [0.2, 0.25) is 0 Å². The summed E-state index contributed by atoms with van der Waals surface area (Å²) in [7, 11) is 3.54. The summed E-state index contributed by atoms with van der Waals surface area (Å²) >= 11 is 0. The average Bonchev–Trinajstić information content (AvgIpc) is 3.30. The number of likely N-dealkylation sites (tertiary alicyclic amines) is 1. The Balaban J connectivity index is 1.54. The van der Waals surface area contributed by atoms with E-state index in [1.807, 2.05) is 24.2 Å². The van der Waals surface area contributed by atoms with E-state index in [2.05, 4.69) is 15.3 Å². The van der Waals surface area contributed by atoms with Gasteiger partial charge < -0.3 is 14.6 Å². The Bertz CT molecular complexity index is 726. The molecule has 24 heavy (non-hydrogen) atoms. The zero-order valence-corrected chi connectivity index (χ0v) is 14.2. The summed E-state index contributed by atoms with van der Waals surface area (Å²) < 4.78 is 7.29. The fourth-order valence-corrected chi connectivity index (χ4v) is 3.89. The number of ether oxygens (including phenoxy) is 1. The fourth-order valence-electron chi connectivity index (χ4n) is 3.89. The Kier molecular flexibility index (Phi) is 3.88. The van der Waals surface area contributed by atoms with E-state index in [1.165, 1.54) is 24.1 Å². The largest absolute Gasteiger partial charge is 0.379 e. The van der Waals surface area contributed by atoms with Gasteiger partial charge >= 0.3 is 0 Å². The molecule has 1 N–H and O–H groups in total. The van der Waals surface area contributed by atoms with Crippen molar-refractivity contribution in [2.75, 3.05) is 20.2 Å². The molecule has 3 heterocycles. The molecule has 2 aliphatic rings. The number of H-pyrrole nitrogens is 1. The van der Waals surface area contributed by atoms with Crippen LogP contribution in [0.3, 0.4) is 0 Å². The standard InChI is InChI=1S/C17H23N5O2/c1-21-9-15(19-20-21)12-8-22(10-16(12)24-2)17(23)14-7-11-5-3-4-6-13(11)18-14/h7,9,12,16,18H,3-6,8,10H2,1-2H3/t12-,16+/m0/s1. The number of rotatable bonds is 3. The second-order valence-corrected chi connectivity index (χ2v) is 6.80. The number of aryl methyl sites for hydroxylation is 3. The lowest BCUT2D eigenvalue weighted by atomic mass is 9.98. The van der Waals surface area contributed by atoms with E-state index in [0.29, 0.717) is 18.8 Å². The van der Waals surface area contributed by atoms with Gasteiger partial charge in [0, 0.05) is 39.1 Å². The van der Waals surface area contributed by atoms with Gasteiger partial charge in [0.25, 0.3) is 5.91 Å². The molecule has 1 aliphatic carbocycles. The van der Waals surface area contributed by atoms with E-state index >= 15 is 0 Å². The van der Waals surface area contributed by atoms with Crippen LogP contribution in [0.1, 0.15) is 46.2 Å². The normalized spacial score (nSPS) is 23.5. The molecule has 2 aromatic rings. The van der Waals surface area contributed by atoms with Gasteiger partial charge in [-0.3, -0.25) is 9.48 Å². The number of nitrogens with zero attached hydrogens (tertiary/aromatic N) is 4. The number of methoxy groups -OCH3 is 1. The van der Waals surface area contributed by atoms with Gasteiger partial charge in [-0.1, -0.05) is 5.21 Å². The number of amides is 1. The van der Waals surface area contributed by atoms with Crippen LogP contribution in [0.15, 0.2) is 12.3 Å². The molecule has 0 aromatic carbocycles. The highest BCUT2D eigenvalue weighted by atomic mass is 16.5. The third kappa shape index (κ3) is 2.62. The number of carbonyl (C=O) groups is 1. The van der Waals surface area contributed by atoms with Gasteiger partial charge in [-0.2, -0.15) is 0 Å². The molecule has 0 radical (unpaired) electrons. The van der Waals surface area contributed by atoms with Crippen LogP contribution in [0.25, 0.3) is 0 Å². The maximum absolute atomic E-state index is 12.9. The molecule has 4 rings (SSSR count). The van der Waals surface area contributed by atoms with Crippen molar-refractivity contribution in [2.45, 2.75) is 37.7 Å². The van der Waals surface area contributed by atoms with Gasteiger partial charge in [-0.05, 0) is 37.3 Å². The Morgan fingerprint density at radius 2 is 2.17 bits per heavy atom. The second kappa shape index (κ2) is 6.05. The van der Waals surface area contributed by atoms with Crippen molar-refractivity contribution in [3.05, 3.63) is 34.9 Å². The number of fused-ring (bicyclic) bond motifs is 1. The predicted molar refractivity (Wildman–Crippen MR) is 87.9 cm³/mol. The van der Waals surface area contributed by atoms with Gasteiger partial charge in [0.1, 0.15) is 5.69 Å². The number of aromatic amines is 1. The first-order valence-corrected chi connectivity index (χ1v) is 8.54. The molecule has 0 unspecified atom stereocenters. The van der Waals surface area contributed by atoms with Crippen LogP contribution >= 0.6 is 0 Å². The zero-order chi connectivity index (χ0) is 16.7. The average molecular weight is 329 g/mol. The minimum absolute atomic E-state index is 0.0461. The lowest BCUT2D eigenvalue weighted by molar-refractivity contribution is 0.0710. The van der Waals surface area contributed by atoms with Crippen LogP contribution < -0.4 is 0 Å². The Hall–Kier alpha value is -2.15. The zero-order valence-electron chi connectivity index (χ0n) is 14.2. The molecule has 7 nitrogen and oxygen atoms in total. The van der Waals surface area contributed by atoms with Crippen molar-refractivity contribution in [1.29, 1.82) is 0 Å². The summed E-state index contributed by atoms with van der Waals surface area (Å²) in [5, 5.41) is 8.21. The SMILES string of the molecule is CO[C@@H]1CN(C(=O)c2cc3c([nH]2)CCCC3)C[C@H]1c1cn(C)nn1. The second-order valence-electron chi connectivity index (χ2n) is 6.80. The van der Waals surface area contributed by atoms with Crippen LogP contribution in [0.4, 0.5) is 0 Å². The van der Waals surface area contributed by atoms with Crippen LogP contribution in [-0.2, 0) is 24.6 Å². The maximum Gasteiger partial charge on any atom is 0.270 e. The Morgan fingerprint density at radius 1 is 1.33 bits per heavy atom. The van der Waals surface area contributed by atoms with E-state index < -0.39 is 0 Å². The maximum atomic E-state index is 12.9. The topological polar surface area (TPSA) is 76.0 Å². The first-order chi connectivity index (χ1) is 11.7. The molecule has 7 heteroatoms. The number of hydrogen-bond donors (Lipinski definition) is 1. The summed E-state index contributed by atoms with van der Waals surface area (Å²) in [5.41, 5.74) is 4.12.